The number of methoxy groups -OCH3 is 1. The number of benzene rings is 1. The van der Waals surface area contributed by atoms with Gasteiger partial charge in [-0.15, -0.1) is 0 Å². The zero-order chi connectivity index (χ0) is 19.2. The summed E-state index contributed by atoms with van der Waals surface area (Å²) in [4.78, 5) is 19.1. The van der Waals surface area contributed by atoms with Gasteiger partial charge in [-0.05, 0) is 31.0 Å². The molecule has 3 rings (SSSR count). The Morgan fingerprint density at radius 2 is 2.26 bits per heavy atom. The van der Waals surface area contributed by atoms with Crippen molar-refractivity contribution in [1.82, 2.24) is 14.5 Å². The van der Waals surface area contributed by atoms with E-state index in [1.54, 1.807) is 30.3 Å². The van der Waals surface area contributed by atoms with E-state index in [4.69, 9.17) is 4.74 Å². The van der Waals surface area contributed by atoms with Crippen LogP contribution in [0.1, 0.15) is 34.9 Å². The van der Waals surface area contributed by atoms with Crippen LogP contribution in [0, 0.1) is 0 Å². The number of alkyl halides is 2. The Labute approximate surface area is 156 Å². The van der Waals surface area contributed by atoms with E-state index < -0.39 is 6.61 Å². The van der Waals surface area contributed by atoms with Crippen molar-refractivity contribution in [3.8, 4) is 5.75 Å². The third-order valence-electron chi connectivity index (χ3n) is 4.66. The molecule has 1 unspecified atom stereocenters. The maximum absolute atomic E-state index is 12.8. The fourth-order valence-corrected chi connectivity index (χ4v) is 3.42. The number of piperidine rings is 1. The molecule has 1 aliphatic heterocycles. The molecule has 0 bridgehead atoms. The molecule has 1 fully saturated rings. The van der Waals surface area contributed by atoms with E-state index in [0.717, 1.165) is 18.7 Å². The molecule has 0 radical (unpaired) electrons. The molecule has 0 N–H and O–H groups in total. The normalized spacial score (nSPS) is 17.3. The minimum Gasteiger partial charge on any atom is -0.435 e. The van der Waals surface area contributed by atoms with Crippen LogP contribution in [0.15, 0.2) is 36.7 Å². The number of halogens is 2. The van der Waals surface area contributed by atoms with Crippen LogP contribution in [-0.2, 0) is 11.3 Å². The van der Waals surface area contributed by atoms with Gasteiger partial charge < -0.3 is 18.9 Å². The number of rotatable bonds is 7. The van der Waals surface area contributed by atoms with Crippen molar-refractivity contribution in [3.63, 3.8) is 0 Å². The minimum atomic E-state index is -2.92. The Hall–Kier alpha value is -2.48. The zero-order valence-electron chi connectivity index (χ0n) is 15.2. The van der Waals surface area contributed by atoms with E-state index in [0.29, 0.717) is 31.8 Å². The smallest absolute Gasteiger partial charge is 0.387 e. The van der Waals surface area contributed by atoms with E-state index in [-0.39, 0.29) is 17.6 Å². The van der Waals surface area contributed by atoms with Crippen molar-refractivity contribution in [3.05, 3.63) is 48.0 Å². The standard InChI is InChI=1S/C19H23F2N3O3/c1-26-11-10-23-9-7-22-17(23)15-5-3-8-24(13-15)18(25)14-4-2-6-16(12-14)27-19(20)21/h2,4,6-7,9,12,15,19H,3,5,8,10-11,13H2,1H3. The molecule has 6 nitrogen and oxygen atoms in total. The summed E-state index contributed by atoms with van der Waals surface area (Å²) in [5.74, 6) is 0.878. The third kappa shape index (κ3) is 4.82. The fourth-order valence-electron chi connectivity index (χ4n) is 3.42. The Balaban J connectivity index is 1.71. The maximum Gasteiger partial charge on any atom is 0.387 e. The largest absolute Gasteiger partial charge is 0.435 e. The summed E-state index contributed by atoms with van der Waals surface area (Å²) < 4.78 is 36.4. The van der Waals surface area contributed by atoms with Crippen LogP contribution < -0.4 is 4.74 Å². The highest BCUT2D eigenvalue weighted by atomic mass is 19.3. The lowest BCUT2D eigenvalue weighted by Gasteiger charge is -2.33. The topological polar surface area (TPSA) is 56.6 Å². The van der Waals surface area contributed by atoms with Crippen LogP contribution >= 0.6 is 0 Å². The van der Waals surface area contributed by atoms with Crippen molar-refractivity contribution in [2.24, 2.45) is 0 Å². The Kier molecular flexibility index (Phi) is 6.39. The molecular weight excluding hydrogens is 356 g/mol. The number of likely N-dealkylation sites (tertiary alicyclic amines) is 1. The summed E-state index contributed by atoms with van der Waals surface area (Å²) in [6.45, 7) is -0.434. The lowest BCUT2D eigenvalue weighted by atomic mass is 9.96. The quantitative estimate of drug-likeness (QED) is 0.742. The Morgan fingerprint density at radius 3 is 3.04 bits per heavy atom. The number of hydrogen-bond donors (Lipinski definition) is 0. The van der Waals surface area contributed by atoms with Gasteiger partial charge in [0.1, 0.15) is 11.6 Å². The summed E-state index contributed by atoms with van der Waals surface area (Å²) in [5.41, 5.74) is 0.344. The average Bonchev–Trinajstić information content (AvgIpc) is 3.14. The van der Waals surface area contributed by atoms with Crippen molar-refractivity contribution >= 4 is 5.91 Å². The van der Waals surface area contributed by atoms with Gasteiger partial charge in [-0.25, -0.2) is 4.98 Å². The van der Waals surface area contributed by atoms with Gasteiger partial charge >= 0.3 is 6.61 Å². The van der Waals surface area contributed by atoms with Crippen LogP contribution in [-0.4, -0.2) is 53.8 Å². The van der Waals surface area contributed by atoms with Crippen LogP contribution in [0.4, 0.5) is 8.78 Å². The van der Waals surface area contributed by atoms with Crippen molar-refractivity contribution in [2.75, 3.05) is 26.8 Å². The number of carbonyl (C=O) groups excluding carboxylic acids is 1. The van der Waals surface area contributed by atoms with Crippen LogP contribution in [0.2, 0.25) is 0 Å². The first kappa shape index (κ1) is 19.3. The lowest BCUT2D eigenvalue weighted by molar-refractivity contribution is -0.0499. The third-order valence-corrected chi connectivity index (χ3v) is 4.66. The molecule has 0 aliphatic carbocycles. The van der Waals surface area contributed by atoms with Gasteiger partial charge in [0.2, 0.25) is 0 Å². The number of imidazole rings is 1. The number of aromatic nitrogens is 2. The monoisotopic (exact) mass is 379 g/mol. The summed E-state index contributed by atoms with van der Waals surface area (Å²) in [7, 11) is 1.66. The highest BCUT2D eigenvalue weighted by molar-refractivity contribution is 5.94. The molecule has 0 spiro atoms. The second-order valence-electron chi connectivity index (χ2n) is 6.47. The summed E-state index contributed by atoms with van der Waals surface area (Å²) in [6, 6.07) is 5.93. The number of amides is 1. The van der Waals surface area contributed by atoms with Crippen LogP contribution in [0.3, 0.4) is 0 Å². The molecular formula is C19H23F2N3O3. The minimum absolute atomic E-state index is 0.0143. The molecule has 1 aliphatic rings. The first-order chi connectivity index (χ1) is 13.1. The van der Waals surface area contributed by atoms with E-state index in [9.17, 15) is 13.6 Å². The molecule has 27 heavy (non-hydrogen) atoms. The number of carbonyl (C=O) groups is 1. The molecule has 2 heterocycles. The first-order valence-corrected chi connectivity index (χ1v) is 8.92. The Morgan fingerprint density at radius 1 is 1.41 bits per heavy atom. The molecule has 1 aromatic carbocycles. The van der Waals surface area contributed by atoms with E-state index in [1.807, 2.05) is 6.20 Å². The molecule has 8 heteroatoms. The Bertz CT molecular complexity index is 766. The predicted octanol–water partition coefficient (Wildman–Crippen LogP) is 3.15. The maximum atomic E-state index is 12.8. The van der Waals surface area contributed by atoms with Gasteiger partial charge in [0.05, 0.1) is 6.61 Å². The summed E-state index contributed by atoms with van der Waals surface area (Å²) >= 11 is 0. The van der Waals surface area contributed by atoms with Crippen molar-refractivity contribution in [2.45, 2.75) is 31.9 Å². The van der Waals surface area contributed by atoms with Gasteiger partial charge in [0.25, 0.3) is 5.91 Å². The molecule has 1 aromatic heterocycles. The van der Waals surface area contributed by atoms with Gasteiger partial charge in [-0.1, -0.05) is 6.07 Å². The van der Waals surface area contributed by atoms with Crippen LogP contribution in [0.25, 0.3) is 0 Å². The van der Waals surface area contributed by atoms with Crippen molar-refractivity contribution < 1.29 is 23.0 Å². The average molecular weight is 379 g/mol. The SMILES string of the molecule is COCCn1ccnc1C1CCCN(C(=O)c2cccc(OC(F)F)c2)C1. The van der Waals surface area contributed by atoms with Gasteiger partial charge in [-0.2, -0.15) is 8.78 Å². The van der Waals surface area contributed by atoms with Gasteiger partial charge in [0.15, 0.2) is 0 Å². The zero-order valence-corrected chi connectivity index (χ0v) is 15.2. The van der Waals surface area contributed by atoms with Crippen LogP contribution in [0.5, 0.6) is 5.75 Å². The van der Waals surface area contributed by atoms with E-state index in [2.05, 4.69) is 14.3 Å². The molecule has 0 saturated carbocycles. The summed E-state index contributed by atoms with van der Waals surface area (Å²) in [6.07, 6.45) is 5.49. The second-order valence-corrected chi connectivity index (χ2v) is 6.47. The second kappa shape index (κ2) is 8.94. The van der Waals surface area contributed by atoms with E-state index in [1.165, 1.54) is 12.1 Å². The number of nitrogens with zero attached hydrogens (tertiary/aromatic N) is 3. The van der Waals surface area contributed by atoms with Crippen molar-refractivity contribution in [1.29, 1.82) is 0 Å². The fraction of sp³-hybridized carbons (Fsp3) is 0.474. The molecule has 2 aromatic rings. The lowest BCUT2D eigenvalue weighted by Crippen LogP contribution is -2.39. The molecule has 1 saturated heterocycles. The van der Waals surface area contributed by atoms with Gasteiger partial charge in [0, 0.05) is 50.6 Å². The summed E-state index contributed by atoms with van der Waals surface area (Å²) in [5, 5.41) is 0. The molecule has 146 valence electrons. The highest BCUT2D eigenvalue weighted by Crippen LogP contribution is 2.27. The predicted molar refractivity (Wildman–Crippen MR) is 95.1 cm³/mol. The molecule has 1 atom stereocenters. The molecule has 1 amide bonds. The number of hydrogen-bond acceptors (Lipinski definition) is 4. The highest BCUT2D eigenvalue weighted by Gasteiger charge is 2.28. The van der Waals surface area contributed by atoms with E-state index >= 15 is 0 Å². The number of ether oxygens (including phenoxy) is 2. The first-order valence-electron chi connectivity index (χ1n) is 8.92. The van der Waals surface area contributed by atoms with Gasteiger partial charge in [-0.3, -0.25) is 4.79 Å².